The van der Waals surface area contributed by atoms with E-state index in [-0.39, 0.29) is 0 Å². The van der Waals surface area contributed by atoms with Crippen LogP contribution in [0.1, 0.15) is 16.3 Å². The number of aryl methyl sites for hydroxylation is 2. The van der Waals surface area contributed by atoms with Crippen LogP contribution in [0.25, 0.3) is 0 Å². The maximum atomic E-state index is 5.88. The Morgan fingerprint density at radius 3 is 2.76 bits per heavy atom. The molecule has 4 nitrogen and oxygen atoms in total. The summed E-state index contributed by atoms with van der Waals surface area (Å²) in [5.74, 6) is 0.874. The van der Waals surface area contributed by atoms with Crippen LogP contribution in [0.15, 0.2) is 17.6 Å². The third-order valence-electron chi connectivity index (χ3n) is 2.59. The van der Waals surface area contributed by atoms with Gasteiger partial charge in [0.1, 0.15) is 5.82 Å². The van der Waals surface area contributed by atoms with E-state index in [4.69, 9.17) is 5.73 Å². The van der Waals surface area contributed by atoms with Crippen molar-refractivity contribution in [2.75, 3.05) is 17.7 Å². The summed E-state index contributed by atoms with van der Waals surface area (Å²) in [6, 6.07) is 1.90. The first-order valence-electron chi connectivity index (χ1n) is 5.40. The molecule has 0 bridgehead atoms. The Kier molecular flexibility index (Phi) is 3.28. The van der Waals surface area contributed by atoms with Crippen LogP contribution in [0.4, 0.5) is 11.5 Å². The SMILES string of the molecule is Cc1nc(CN(C)c2cc(N)c(C)cn2)cs1. The molecule has 0 saturated heterocycles. The third-order valence-corrected chi connectivity index (χ3v) is 3.41. The first-order valence-corrected chi connectivity index (χ1v) is 6.28. The topological polar surface area (TPSA) is 55.0 Å². The number of thiazole rings is 1. The van der Waals surface area contributed by atoms with Gasteiger partial charge in [-0.1, -0.05) is 0 Å². The molecule has 0 unspecified atom stereocenters. The highest BCUT2D eigenvalue weighted by molar-refractivity contribution is 7.09. The summed E-state index contributed by atoms with van der Waals surface area (Å²) in [6.07, 6.45) is 1.80. The molecule has 0 spiro atoms. The highest BCUT2D eigenvalue weighted by atomic mass is 32.1. The van der Waals surface area contributed by atoms with Gasteiger partial charge in [-0.25, -0.2) is 9.97 Å². The lowest BCUT2D eigenvalue weighted by atomic mass is 10.2. The van der Waals surface area contributed by atoms with Crippen LogP contribution in [0.5, 0.6) is 0 Å². The number of aromatic nitrogens is 2. The molecule has 2 N–H and O–H groups in total. The Balaban J connectivity index is 2.14. The van der Waals surface area contributed by atoms with Crippen LogP contribution >= 0.6 is 11.3 Å². The fourth-order valence-corrected chi connectivity index (χ4v) is 2.15. The van der Waals surface area contributed by atoms with Gasteiger partial charge in [0, 0.05) is 30.4 Å². The number of pyridine rings is 1. The van der Waals surface area contributed by atoms with Crippen molar-refractivity contribution in [2.45, 2.75) is 20.4 Å². The van der Waals surface area contributed by atoms with E-state index >= 15 is 0 Å². The quantitative estimate of drug-likeness (QED) is 0.906. The Morgan fingerprint density at radius 2 is 2.18 bits per heavy atom. The van der Waals surface area contributed by atoms with Crippen LogP contribution in [-0.4, -0.2) is 17.0 Å². The van der Waals surface area contributed by atoms with E-state index in [9.17, 15) is 0 Å². The average molecular weight is 248 g/mol. The molecule has 2 aromatic heterocycles. The lowest BCUT2D eigenvalue weighted by Gasteiger charge is -2.17. The van der Waals surface area contributed by atoms with Gasteiger partial charge in [-0.05, 0) is 19.4 Å². The van der Waals surface area contributed by atoms with Gasteiger partial charge in [-0.3, -0.25) is 0 Å². The first-order chi connectivity index (χ1) is 8.06. The van der Waals surface area contributed by atoms with Gasteiger partial charge in [0.15, 0.2) is 0 Å². The summed E-state index contributed by atoms with van der Waals surface area (Å²) >= 11 is 1.66. The fraction of sp³-hybridized carbons (Fsp3) is 0.333. The summed E-state index contributed by atoms with van der Waals surface area (Å²) in [5, 5.41) is 3.16. The predicted molar refractivity (Wildman–Crippen MR) is 72.3 cm³/mol. The van der Waals surface area contributed by atoms with E-state index in [1.807, 2.05) is 31.9 Å². The molecular formula is C12H16N4S. The summed E-state index contributed by atoms with van der Waals surface area (Å²) in [5.41, 5.74) is 8.72. The largest absolute Gasteiger partial charge is 0.398 e. The van der Waals surface area contributed by atoms with Crippen LogP contribution in [0.2, 0.25) is 0 Å². The lowest BCUT2D eigenvalue weighted by Crippen LogP contribution is -2.18. The van der Waals surface area contributed by atoms with Crippen LogP contribution < -0.4 is 10.6 Å². The summed E-state index contributed by atoms with van der Waals surface area (Å²) in [6.45, 7) is 4.71. The second-order valence-electron chi connectivity index (χ2n) is 4.11. The van der Waals surface area contributed by atoms with Crippen LogP contribution in [0.3, 0.4) is 0 Å². The monoisotopic (exact) mass is 248 g/mol. The molecular weight excluding hydrogens is 232 g/mol. The summed E-state index contributed by atoms with van der Waals surface area (Å²) < 4.78 is 0. The maximum Gasteiger partial charge on any atom is 0.130 e. The van der Waals surface area contributed by atoms with Crippen molar-refractivity contribution in [1.82, 2.24) is 9.97 Å². The average Bonchev–Trinajstić information content (AvgIpc) is 2.68. The molecule has 5 heteroatoms. The highest BCUT2D eigenvalue weighted by Crippen LogP contribution is 2.18. The fourth-order valence-electron chi connectivity index (χ4n) is 1.54. The van der Waals surface area contributed by atoms with Gasteiger partial charge in [0.25, 0.3) is 0 Å². The van der Waals surface area contributed by atoms with E-state index in [1.165, 1.54) is 0 Å². The number of anilines is 2. The molecule has 0 saturated carbocycles. The maximum absolute atomic E-state index is 5.88. The van der Waals surface area contributed by atoms with Gasteiger partial charge >= 0.3 is 0 Å². The summed E-state index contributed by atoms with van der Waals surface area (Å²) in [4.78, 5) is 10.8. The normalized spacial score (nSPS) is 10.5. The van der Waals surface area contributed by atoms with Crippen LogP contribution in [0, 0.1) is 13.8 Å². The zero-order valence-corrected chi connectivity index (χ0v) is 11.1. The minimum Gasteiger partial charge on any atom is -0.398 e. The summed E-state index contributed by atoms with van der Waals surface area (Å²) in [7, 11) is 1.99. The van der Waals surface area contributed by atoms with Gasteiger partial charge in [-0.15, -0.1) is 11.3 Å². The van der Waals surface area contributed by atoms with Crippen molar-refractivity contribution in [3.05, 3.63) is 33.9 Å². The minimum absolute atomic E-state index is 0.750. The van der Waals surface area contributed by atoms with E-state index in [1.54, 1.807) is 17.5 Å². The van der Waals surface area contributed by atoms with Gasteiger partial charge in [0.2, 0.25) is 0 Å². The molecule has 0 aliphatic rings. The Morgan fingerprint density at radius 1 is 1.41 bits per heavy atom. The Bertz CT molecular complexity index is 521. The molecule has 0 aromatic carbocycles. The standard InChI is InChI=1S/C12H16N4S/c1-8-5-14-12(4-11(8)13)16(3)6-10-7-17-9(2)15-10/h4-5,7H,6H2,1-3H3,(H2,13,14). The number of nitrogens with zero attached hydrogens (tertiary/aromatic N) is 3. The number of nitrogen functional groups attached to an aromatic ring is 1. The van der Waals surface area contributed by atoms with Gasteiger partial charge in [0.05, 0.1) is 17.2 Å². The molecule has 0 amide bonds. The molecule has 17 heavy (non-hydrogen) atoms. The van der Waals surface area contributed by atoms with Crippen molar-refractivity contribution < 1.29 is 0 Å². The molecule has 0 atom stereocenters. The van der Waals surface area contributed by atoms with Crippen molar-refractivity contribution in [2.24, 2.45) is 0 Å². The van der Waals surface area contributed by atoms with Crippen molar-refractivity contribution in [1.29, 1.82) is 0 Å². The Hall–Kier alpha value is -1.62. The molecule has 0 aliphatic heterocycles. The molecule has 0 fully saturated rings. The van der Waals surface area contributed by atoms with E-state index in [0.29, 0.717) is 0 Å². The van der Waals surface area contributed by atoms with Gasteiger partial charge < -0.3 is 10.6 Å². The number of hydrogen-bond donors (Lipinski definition) is 1. The van der Waals surface area contributed by atoms with Crippen molar-refractivity contribution in [3.8, 4) is 0 Å². The smallest absolute Gasteiger partial charge is 0.130 e. The molecule has 2 aromatic rings. The molecule has 0 radical (unpaired) electrons. The molecule has 90 valence electrons. The number of hydrogen-bond acceptors (Lipinski definition) is 5. The highest BCUT2D eigenvalue weighted by Gasteiger charge is 2.07. The molecule has 0 aliphatic carbocycles. The van der Waals surface area contributed by atoms with Crippen molar-refractivity contribution >= 4 is 22.8 Å². The zero-order chi connectivity index (χ0) is 12.4. The van der Waals surface area contributed by atoms with E-state index in [2.05, 4.69) is 15.3 Å². The minimum atomic E-state index is 0.750. The second kappa shape index (κ2) is 4.71. The second-order valence-corrected chi connectivity index (χ2v) is 5.18. The van der Waals surface area contributed by atoms with Crippen LogP contribution in [-0.2, 0) is 6.54 Å². The third kappa shape index (κ3) is 2.74. The first kappa shape index (κ1) is 11.9. The lowest BCUT2D eigenvalue weighted by molar-refractivity contribution is 0.870. The number of nitrogens with two attached hydrogens (primary N) is 1. The molecule has 2 heterocycles. The van der Waals surface area contributed by atoms with E-state index in [0.717, 1.165) is 34.3 Å². The zero-order valence-electron chi connectivity index (χ0n) is 10.3. The molecule has 2 rings (SSSR count). The van der Waals surface area contributed by atoms with Crippen molar-refractivity contribution in [3.63, 3.8) is 0 Å². The van der Waals surface area contributed by atoms with E-state index < -0.39 is 0 Å². The Labute approximate surface area is 105 Å². The number of rotatable bonds is 3. The predicted octanol–water partition coefficient (Wildman–Crippen LogP) is 2.37. The van der Waals surface area contributed by atoms with Gasteiger partial charge in [-0.2, -0.15) is 0 Å².